The van der Waals surface area contributed by atoms with E-state index in [4.69, 9.17) is 0 Å². The molecule has 0 N–H and O–H groups in total. The van der Waals surface area contributed by atoms with E-state index in [0.29, 0.717) is 11.8 Å². The van der Waals surface area contributed by atoms with Gasteiger partial charge in [-0.1, -0.05) is 66.5 Å². The second-order valence-electron chi connectivity index (χ2n) is 17.1. The second kappa shape index (κ2) is 6.59. The predicted octanol–water partition coefficient (Wildman–Crippen LogP) is 11.2. The van der Waals surface area contributed by atoms with Gasteiger partial charge in [0.25, 0.3) is 0 Å². The zero-order valence-electron chi connectivity index (χ0n) is 28.7. The summed E-state index contributed by atoms with van der Waals surface area (Å²) in [5.41, 5.74) is 29.6. The molecule has 0 saturated heterocycles. The first-order valence-corrected chi connectivity index (χ1v) is 16.2. The van der Waals surface area contributed by atoms with Gasteiger partial charge >= 0.3 is 0 Å². The van der Waals surface area contributed by atoms with Crippen molar-refractivity contribution in [2.75, 3.05) is 0 Å². The maximum absolute atomic E-state index is 2.59. The highest BCUT2D eigenvalue weighted by Crippen LogP contribution is 2.85. The third-order valence-corrected chi connectivity index (χ3v) is 15.4. The molecule has 214 valence electrons. The highest BCUT2D eigenvalue weighted by molar-refractivity contribution is 5.89. The van der Waals surface area contributed by atoms with E-state index < -0.39 is 0 Å². The summed E-state index contributed by atoms with van der Waals surface area (Å²) in [6.45, 7) is 40.4. The Morgan fingerprint density at radius 1 is 0.341 bits per heavy atom. The molecule has 41 heavy (non-hydrogen) atoms. The van der Waals surface area contributed by atoms with Crippen LogP contribution in [0.1, 0.15) is 111 Å². The largest absolute Gasteiger partial charge is 0.0553 e. The lowest BCUT2D eigenvalue weighted by Crippen LogP contribution is -2.52. The van der Waals surface area contributed by atoms with Gasteiger partial charge < -0.3 is 0 Å². The fourth-order valence-corrected chi connectivity index (χ4v) is 12.5. The Kier molecular flexibility index (Phi) is 4.23. The average Bonchev–Trinajstić information content (AvgIpc) is 3.40. The topological polar surface area (TPSA) is 0 Å². The Balaban J connectivity index is 1.73. The van der Waals surface area contributed by atoms with E-state index in [1.165, 1.54) is 11.1 Å². The van der Waals surface area contributed by atoms with Gasteiger partial charge in [-0.15, -0.1) is 0 Å². The minimum atomic E-state index is -0.0587. The van der Waals surface area contributed by atoms with Crippen LogP contribution in [0, 0.1) is 38.9 Å². The molecule has 8 aliphatic rings. The Morgan fingerprint density at radius 2 is 0.805 bits per heavy atom. The van der Waals surface area contributed by atoms with Crippen molar-refractivity contribution in [1.29, 1.82) is 0 Å². The van der Waals surface area contributed by atoms with Gasteiger partial charge in [0.1, 0.15) is 0 Å². The van der Waals surface area contributed by atoms with Crippen molar-refractivity contribution in [2.24, 2.45) is 38.9 Å². The number of hydrogen-bond acceptors (Lipinski definition) is 0. The summed E-state index contributed by atoms with van der Waals surface area (Å²) in [6.07, 6.45) is 0. The van der Waals surface area contributed by atoms with Crippen LogP contribution < -0.4 is 0 Å². The molecule has 3 atom stereocenters. The second-order valence-corrected chi connectivity index (χ2v) is 17.1. The smallest absolute Gasteiger partial charge is 0.0433 e. The van der Waals surface area contributed by atoms with Crippen LogP contribution in [-0.2, 0) is 0 Å². The first-order valence-electron chi connectivity index (χ1n) is 16.2. The molecule has 8 rings (SSSR count). The number of rotatable bonds is 0. The van der Waals surface area contributed by atoms with Gasteiger partial charge in [0.15, 0.2) is 0 Å². The lowest BCUT2D eigenvalue weighted by Gasteiger charge is -2.60. The molecule has 0 heterocycles. The van der Waals surface area contributed by atoms with Crippen LogP contribution in [-0.4, -0.2) is 0 Å². The van der Waals surface area contributed by atoms with Crippen LogP contribution in [0.2, 0.25) is 0 Å². The summed E-state index contributed by atoms with van der Waals surface area (Å²) in [5.74, 6) is 0.836. The Labute approximate surface area is 249 Å². The summed E-state index contributed by atoms with van der Waals surface area (Å²) in [5, 5.41) is 0. The molecule has 0 aromatic heterocycles. The van der Waals surface area contributed by atoms with Gasteiger partial charge in [-0.2, -0.15) is 0 Å². The Morgan fingerprint density at radius 3 is 1.37 bits per heavy atom. The monoisotopic (exact) mass is 542 g/mol. The van der Waals surface area contributed by atoms with E-state index in [1.54, 1.807) is 89.2 Å². The van der Waals surface area contributed by atoms with Crippen LogP contribution >= 0.6 is 0 Å². The maximum Gasteiger partial charge on any atom is 0.0433 e. The van der Waals surface area contributed by atoms with Crippen LogP contribution in [0.4, 0.5) is 0 Å². The number of allylic oxidation sites excluding steroid dienone is 18. The normalized spacial score (nSPS) is 36.3. The fraction of sp³-hybridized carbons (Fsp3) is 0.561. The van der Waals surface area contributed by atoms with Gasteiger partial charge in [-0.05, 0) is 166 Å². The van der Waals surface area contributed by atoms with Crippen LogP contribution in [0.15, 0.2) is 100 Å². The lowest BCUT2D eigenvalue weighted by molar-refractivity contribution is 0.215. The van der Waals surface area contributed by atoms with Gasteiger partial charge in [-0.3, -0.25) is 0 Å². The molecule has 0 heteroatoms. The molecule has 0 radical (unpaired) electrons. The molecular weight excluding hydrogens is 492 g/mol. The summed E-state index contributed by atoms with van der Waals surface area (Å²) in [6, 6.07) is 0. The average molecular weight is 543 g/mol. The van der Waals surface area contributed by atoms with Crippen molar-refractivity contribution >= 4 is 0 Å². The third-order valence-electron chi connectivity index (χ3n) is 15.4. The van der Waals surface area contributed by atoms with E-state index in [-0.39, 0.29) is 27.1 Å². The van der Waals surface area contributed by atoms with Gasteiger partial charge in [-0.25, -0.2) is 0 Å². The highest BCUT2D eigenvalue weighted by Gasteiger charge is 2.76. The first-order chi connectivity index (χ1) is 18.8. The van der Waals surface area contributed by atoms with Crippen molar-refractivity contribution in [1.82, 2.24) is 0 Å². The Hall–Kier alpha value is -2.34. The lowest BCUT2D eigenvalue weighted by atomic mass is 9.41. The maximum atomic E-state index is 2.59. The first kappa shape index (κ1) is 26.3. The number of hydrogen-bond donors (Lipinski definition) is 0. The summed E-state index contributed by atoms with van der Waals surface area (Å²) in [4.78, 5) is 0. The zero-order valence-corrected chi connectivity index (χ0v) is 28.7. The van der Waals surface area contributed by atoms with E-state index in [2.05, 4.69) is 111 Å². The molecule has 0 aliphatic heterocycles. The van der Waals surface area contributed by atoms with Crippen molar-refractivity contribution < 1.29 is 0 Å². The molecule has 8 aliphatic carbocycles. The molecule has 0 bridgehead atoms. The molecule has 2 unspecified atom stereocenters. The van der Waals surface area contributed by atoms with Gasteiger partial charge in [0.2, 0.25) is 0 Å². The van der Waals surface area contributed by atoms with E-state index in [1.807, 2.05) is 0 Å². The van der Waals surface area contributed by atoms with Crippen molar-refractivity contribution in [3.63, 3.8) is 0 Å². The third kappa shape index (κ3) is 2.08. The summed E-state index contributed by atoms with van der Waals surface area (Å²) < 4.78 is 0. The van der Waals surface area contributed by atoms with Crippen molar-refractivity contribution in [3.05, 3.63) is 100 Å². The molecule has 0 aromatic rings. The van der Waals surface area contributed by atoms with Crippen molar-refractivity contribution in [3.8, 4) is 0 Å². The summed E-state index contributed by atoms with van der Waals surface area (Å²) >= 11 is 0. The summed E-state index contributed by atoms with van der Waals surface area (Å²) in [7, 11) is 0. The molecule has 1 fully saturated rings. The van der Waals surface area contributed by atoms with Crippen LogP contribution in [0.25, 0.3) is 0 Å². The van der Waals surface area contributed by atoms with Gasteiger partial charge in [0, 0.05) is 17.3 Å². The van der Waals surface area contributed by atoms with E-state index >= 15 is 0 Å². The predicted molar refractivity (Wildman–Crippen MR) is 173 cm³/mol. The molecule has 1 spiro atoms. The Bertz CT molecular complexity index is 1820. The standard InChI is InChI=1S/C41H50/c1-17-19(3)27-22(6)29-35-31(39(13,14)37(29,9)10)24(8)32-36-30(38(11,12)40(32,15)16)23(7)28-20(4)18(2)26-21(5)25(17)33(27)41(35,36)34(26)28/h33,36H,1-16H3/t33?,36-,41?/m1/s1. The molecule has 1 saturated carbocycles. The molecular formula is C41H50. The molecule has 0 nitrogen and oxygen atoms in total. The SMILES string of the molecule is CC1=C(C)C2=C3C1=C(C)C1=C(C)C(C)=C4C(C)=C5C6=C(C(C)=C7[C@@H](C(=C2C)C(C)(C)C7(C)C)C36C14)C(C)(C)C5(C)C. The minimum absolute atomic E-state index is 0.0498. The molecule has 0 amide bonds. The zero-order chi connectivity index (χ0) is 30.0. The molecule has 0 aromatic carbocycles. The highest BCUT2D eigenvalue weighted by atomic mass is 14.8. The quantitative estimate of drug-likeness (QED) is 0.285. The minimum Gasteiger partial charge on any atom is -0.0553 e. The van der Waals surface area contributed by atoms with Crippen molar-refractivity contribution in [2.45, 2.75) is 111 Å². The fourth-order valence-electron chi connectivity index (χ4n) is 12.5. The van der Waals surface area contributed by atoms with E-state index in [9.17, 15) is 0 Å². The van der Waals surface area contributed by atoms with Crippen LogP contribution in [0.5, 0.6) is 0 Å². The van der Waals surface area contributed by atoms with Gasteiger partial charge in [0.05, 0.1) is 0 Å². The van der Waals surface area contributed by atoms with E-state index in [0.717, 1.165) is 0 Å². The van der Waals surface area contributed by atoms with Crippen LogP contribution in [0.3, 0.4) is 0 Å².